The van der Waals surface area contributed by atoms with Gasteiger partial charge in [0.1, 0.15) is 11.5 Å². The van der Waals surface area contributed by atoms with Crippen LogP contribution in [0.25, 0.3) is 0 Å². The second-order valence-electron chi connectivity index (χ2n) is 16.5. The van der Waals surface area contributed by atoms with Gasteiger partial charge in [-0.15, -0.1) is 0 Å². The summed E-state index contributed by atoms with van der Waals surface area (Å²) in [6, 6.07) is 27.3. The summed E-state index contributed by atoms with van der Waals surface area (Å²) >= 11 is 0. The zero-order chi connectivity index (χ0) is 35.4. The molecule has 7 nitrogen and oxygen atoms in total. The second-order valence-corrected chi connectivity index (χ2v) is 17.9. The van der Waals surface area contributed by atoms with Gasteiger partial charge >= 0.3 is 11.9 Å². The standard InChI is InChI=1S/C44H42O7S/c45-42(50-36-17-18-37(52(47,48)49)29-10-2-1-9-28(29)36)41-39-32-13-5-3-11-30(32)38(31-12-4-6-14-33(31)39)40(41)34-15-7-8-16-35(34)51-43(46)44-22-25-19-26(23-44)21-27(20-25)24-44/h3-8,11-18,25-27,38-41H,1-2,9-10,19-24H2,(H,47,48,49). The highest BCUT2D eigenvalue weighted by Crippen LogP contribution is 2.64. The SMILES string of the molecule is O=C(Oc1ccc(S(=O)(=O)O)c2c1CCCC2)C1C2c3ccccc3C(c3ccccc32)C1c1ccccc1OC(=O)C12CC3CC(CC(C3)C1)C2. The van der Waals surface area contributed by atoms with E-state index in [0.29, 0.717) is 53.2 Å². The van der Waals surface area contributed by atoms with Crippen LogP contribution in [0.5, 0.6) is 11.5 Å². The third-order valence-electron chi connectivity index (χ3n) is 13.6. The minimum atomic E-state index is -4.44. The van der Waals surface area contributed by atoms with Crippen molar-refractivity contribution in [3.63, 3.8) is 0 Å². The first-order chi connectivity index (χ1) is 25.2. The van der Waals surface area contributed by atoms with Crippen molar-refractivity contribution in [3.8, 4) is 11.5 Å². The predicted octanol–water partition coefficient (Wildman–Crippen LogP) is 8.53. The number of benzene rings is 4. The monoisotopic (exact) mass is 714 g/mol. The van der Waals surface area contributed by atoms with Gasteiger partial charge in [-0.25, -0.2) is 0 Å². The van der Waals surface area contributed by atoms with E-state index in [1.165, 1.54) is 31.4 Å². The minimum Gasteiger partial charge on any atom is -0.426 e. The summed E-state index contributed by atoms with van der Waals surface area (Å²) in [5.74, 6) is 0.598. The maximum atomic E-state index is 15.0. The number of fused-ring (bicyclic) bond motifs is 2. The molecular weight excluding hydrogens is 673 g/mol. The molecule has 0 radical (unpaired) electrons. The Morgan fingerprint density at radius 1 is 0.615 bits per heavy atom. The van der Waals surface area contributed by atoms with Crippen LogP contribution in [-0.2, 0) is 32.5 Å². The zero-order valence-corrected chi connectivity index (χ0v) is 29.8. The third kappa shape index (κ3) is 4.97. The molecule has 4 aromatic rings. The van der Waals surface area contributed by atoms with Crippen LogP contribution in [0.2, 0.25) is 0 Å². The molecule has 1 N–H and O–H groups in total. The molecule has 8 aliphatic carbocycles. The van der Waals surface area contributed by atoms with E-state index in [2.05, 4.69) is 36.4 Å². The Balaban J connectivity index is 1.08. The Labute approximate surface area is 304 Å². The van der Waals surface area contributed by atoms with Gasteiger partial charge in [-0.05, 0) is 139 Å². The Kier molecular flexibility index (Phi) is 7.39. The summed E-state index contributed by atoms with van der Waals surface area (Å²) in [5.41, 5.74) is 6.10. The predicted molar refractivity (Wildman–Crippen MR) is 194 cm³/mol. The third-order valence-corrected chi connectivity index (χ3v) is 14.5. The van der Waals surface area contributed by atoms with E-state index in [1.807, 2.05) is 36.4 Å². The van der Waals surface area contributed by atoms with E-state index in [9.17, 15) is 22.6 Å². The highest BCUT2D eigenvalue weighted by molar-refractivity contribution is 7.85. The lowest BCUT2D eigenvalue weighted by Gasteiger charge is -2.55. The Morgan fingerprint density at radius 3 is 1.71 bits per heavy atom. The molecule has 266 valence electrons. The average molecular weight is 715 g/mol. The summed E-state index contributed by atoms with van der Waals surface area (Å²) in [6.07, 6.45) is 9.07. The van der Waals surface area contributed by atoms with Crippen molar-refractivity contribution in [2.75, 3.05) is 0 Å². The highest BCUT2D eigenvalue weighted by Gasteiger charge is 2.57. The molecular formula is C44H42O7S. The molecule has 4 fully saturated rings. The number of hydrogen-bond acceptors (Lipinski definition) is 6. The van der Waals surface area contributed by atoms with E-state index in [1.54, 1.807) is 0 Å². The van der Waals surface area contributed by atoms with Crippen LogP contribution in [0.4, 0.5) is 0 Å². The van der Waals surface area contributed by atoms with Gasteiger partial charge in [0, 0.05) is 17.8 Å². The van der Waals surface area contributed by atoms with Crippen LogP contribution in [0.3, 0.4) is 0 Å². The lowest BCUT2D eigenvalue weighted by Crippen LogP contribution is -2.51. The number of rotatable bonds is 6. The summed E-state index contributed by atoms with van der Waals surface area (Å²) < 4.78 is 47.6. The van der Waals surface area contributed by atoms with Crippen LogP contribution < -0.4 is 9.47 Å². The number of carbonyl (C=O) groups excluding carboxylic acids is 2. The fraction of sp³-hybridized carbons (Fsp3) is 0.409. The molecule has 2 unspecified atom stereocenters. The molecule has 4 saturated carbocycles. The Morgan fingerprint density at radius 2 is 1.13 bits per heavy atom. The van der Waals surface area contributed by atoms with Gasteiger partial charge in [0.25, 0.3) is 10.1 Å². The largest absolute Gasteiger partial charge is 0.426 e. The molecule has 52 heavy (non-hydrogen) atoms. The second kappa shape index (κ2) is 11.9. The van der Waals surface area contributed by atoms with Crippen LogP contribution in [-0.4, -0.2) is 24.9 Å². The normalized spacial score (nSPS) is 30.6. The molecule has 0 amide bonds. The summed E-state index contributed by atoms with van der Waals surface area (Å²) in [5, 5.41) is 0. The molecule has 6 bridgehead atoms. The number of para-hydroxylation sites is 1. The fourth-order valence-electron chi connectivity index (χ4n) is 12.1. The Bertz CT molecular complexity index is 2170. The molecule has 8 aliphatic rings. The summed E-state index contributed by atoms with van der Waals surface area (Å²) in [4.78, 5) is 29.3. The smallest absolute Gasteiger partial charge is 0.317 e. The molecule has 4 aromatic carbocycles. The van der Waals surface area contributed by atoms with Crippen molar-refractivity contribution in [2.24, 2.45) is 29.1 Å². The molecule has 0 spiro atoms. The van der Waals surface area contributed by atoms with Gasteiger partial charge in [0.05, 0.1) is 16.2 Å². The van der Waals surface area contributed by atoms with Crippen molar-refractivity contribution in [2.45, 2.75) is 86.9 Å². The quantitative estimate of drug-likeness (QED) is 0.121. The van der Waals surface area contributed by atoms with E-state index < -0.39 is 33.3 Å². The van der Waals surface area contributed by atoms with Crippen molar-refractivity contribution < 1.29 is 32.0 Å². The van der Waals surface area contributed by atoms with E-state index in [-0.39, 0.29) is 22.7 Å². The molecule has 0 saturated heterocycles. The van der Waals surface area contributed by atoms with Crippen LogP contribution in [0.15, 0.2) is 89.8 Å². The Hall–Kier alpha value is -4.27. The number of hydrogen-bond donors (Lipinski definition) is 1. The molecule has 2 atom stereocenters. The molecule has 8 heteroatoms. The summed E-state index contributed by atoms with van der Waals surface area (Å²) in [6.45, 7) is 0. The molecule has 0 heterocycles. The van der Waals surface area contributed by atoms with E-state index in [0.717, 1.165) is 59.9 Å². The van der Waals surface area contributed by atoms with Gasteiger partial charge in [-0.1, -0.05) is 66.7 Å². The van der Waals surface area contributed by atoms with Gasteiger partial charge in [-0.3, -0.25) is 14.1 Å². The van der Waals surface area contributed by atoms with Gasteiger partial charge in [0.15, 0.2) is 0 Å². The molecule has 0 aromatic heterocycles. The van der Waals surface area contributed by atoms with Crippen molar-refractivity contribution in [3.05, 3.63) is 124 Å². The minimum absolute atomic E-state index is 0.116. The van der Waals surface area contributed by atoms with Gasteiger partial charge in [-0.2, -0.15) is 8.42 Å². The fourth-order valence-corrected chi connectivity index (χ4v) is 12.8. The first-order valence-electron chi connectivity index (χ1n) is 19.0. The van der Waals surface area contributed by atoms with E-state index in [4.69, 9.17) is 9.47 Å². The van der Waals surface area contributed by atoms with Crippen LogP contribution in [0.1, 0.15) is 108 Å². The molecule has 0 aliphatic heterocycles. The first-order valence-corrected chi connectivity index (χ1v) is 20.5. The van der Waals surface area contributed by atoms with Crippen molar-refractivity contribution >= 4 is 22.1 Å². The topological polar surface area (TPSA) is 107 Å². The van der Waals surface area contributed by atoms with Crippen molar-refractivity contribution in [1.29, 1.82) is 0 Å². The van der Waals surface area contributed by atoms with Crippen LogP contribution >= 0.6 is 0 Å². The van der Waals surface area contributed by atoms with Crippen molar-refractivity contribution in [1.82, 2.24) is 0 Å². The molecule has 12 rings (SSSR count). The number of carbonyl (C=O) groups is 2. The van der Waals surface area contributed by atoms with Crippen LogP contribution in [0, 0.1) is 29.1 Å². The lowest BCUT2D eigenvalue weighted by molar-refractivity contribution is -0.161. The number of ether oxygens (including phenoxy) is 2. The average Bonchev–Trinajstić information content (AvgIpc) is 3.14. The lowest BCUT2D eigenvalue weighted by atomic mass is 9.49. The zero-order valence-electron chi connectivity index (χ0n) is 29.0. The van der Waals surface area contributed by atoms with Gasteiger partial charge < -0.3 is 9.47 Å². The maximum Gasteiger partial charge on any atom is 0.317 e. The first kappa shape index (κ1) is 32.4. The highest BCUT2D eigenvalue weighted by atomic mass is 32.2. The van der Waals surface area contributed by atoms with E-state index >= 15 is 0 Å². The van der Waals surface area contributed by atoms with Gasteiger partial charge in [0.2, 0.25) is 0 Å². The summed E-state index contributed by atoms with van der Waals surface area (Å²) in [7, 11) is -4.44. The number of esters is 2. The maximum absolute atomic E-state index is 15.0.